The van der Waals surface area contributed by atoms with E-state index in [-0.39, 0.29) is 6.04 Å². The molecular formula is C11H20N2O. The topological polar surface area (TPSA) is 42.4 Å². The predicted molar refractivity (Wildman–Crippen MR) is 58.0 cm³/mol. The molecule has 0 amide bonds. The quantitative estimate of drug-likeness (QED) is 0.783. The molecular weight excluding hydrogens is 176 g/mol. The zero-order chi connectivity index (χ0) is 10.6. The molecule has 0 aromatic carbocycles. The van der Waals surface area contributed by atoms with Crippen LogP contribution in [0.1, 0.15) is 32.6 Å². The average Bonchev–Trinajstić information content (AvgIpc) is 2.65. The van der Waals surface area contributed by atoms with Crippen molar-refractivity contribution in [1.29, 1.82) is 0 Å². The van der Waals surface area contributed by atoms with Crippen molar-refractivity contribution in [3.63, 3.8) is 0 Å². The highest BCUT2D eigenvalue weighted by molar-refractivity contribution is 5.05. The van der Waals surface area contributed by atoms with Crippen molar-refractivity contribution in [2.75, 3.05) is 13.1 Å². The molecule has 0 aliphatic rings. The molecule has 1 unspecified atom stereocenters. The third kappa shape index (κ3) is 2.36. The van der Waals surface area contributed by atoms with Gasteiger partial charge < -0.3 is 10.2 Å². The van der Waals surface area contributed by atoms with Gasteiger partial charge in [-0.1, -0.05) is 6.92 Å². The van der Waals surface area contributed by atoms with Gasteiger partial charge in [-0.15, -0.1) is 0 Å². The summed E-state index contributed by atoms with van der Waals surface area (Å²) in [6.45, 7) is 8.08. The fraction of sp³-hybridized carbons (Fsp3) is 0.636. The summed E-state index contributed by atoms with van der Waals surface area (Å²) >= 11 is 0. The Morgan fingerprint density at radius 3 is 2.57 bits per heavy atom. The normalized spacial score (nSPS) is 13.9. The lowest BCUT2D eigenvalue weighted by molar-refractivity contribution is 0.148. The Morgan fingerprint density at radius 1 is 1.50 bits per heavy atom. The van der Waals surface area contributed by atoms with Crippen LogP contribution in [-0.4, -0.2) is 24.0 Å². The second-order valence-corrected chi connectivity index (χ2v) is 3.69. The lowest BCUT2D eigenvalue weighted by Gasteiger charge is -2.31. The van der Waals surface area contributed by atoms with Crippen LogP contribution in [-0.2, 0) is 0 Å². The van der Waals surface area contributed by atoms with E-state index in [1.165, 1.54) is 0 Å². The maximum atomic E-state index is 5.78. The van der Waals surface area contributed by atoms with E-state index < -0.39 is 0 Å². The number of hydrogen-bond acceptors (Lipinski definition) is 3. The summed E-state index contributed by atoms with van der Waals surface area (Å²) in [6, 6.07) is 4.59. The molecule has 1 heterocycles. The maximum Gasteiger partial charge on any atom is 0.122 e. The molecule has 0 radical (unpaired) electrons. The second kappa shape index (κ2) is 5.17. The molecule has 1 aromatic heterocycles. The van der Waals surface area contributed by atoms with Crippen LogP contribution in [0.2, 0.25) is 0 Å². The molecule has 1 atom stereocenters. The van der Waals surface area contributed by atoms with Gasteiger partial charge in [0.2, 0.25) is 0 Å². The molecule has 80 valence electrons. The minimum Gasteiger partial charge on any atom is -0.468 e. The van der Waals surface area contributed by atoms with Gasteiger partial charge in [0.1, 0.15) is 5.76 Å². The van der Waals surface area contributed by atoms with Gasteiger partial charge in [-0.05, 0) is 32.5 Å². The fourth-order valence-electron chi connectivity index (χ4n) is 1.84. The first-order valence-corrected chi connectivity index (χ1v) is 5.19. The molecule has 0 bridgehead atoms. The molecule has 0 spiro atoms. The smallest absolute Gasteiger partial charge is 0.122 e. The minimum atomic E-state index is 0.204. The van der Waals surface area contributed by atoms with Crippen molar-refractivity contribution >= 4 is 0 Å². The molecule has 0 aliphatic carbocycles. The van der Waals surface area contributed by atoms with Gasteiger partial charge in [0, 0.05) is 12.6 Å². The molecule has 0 saturated carbocycles. The van der Waals surface area contributed by atoms with Crippen LogP contribution in [0.15, 0.2) is 22.8 Å². The first-order chi connectivity index (χ1) is 6.70. The van der Waals surface area contributed by atoms with E-state index in [0.29, 0.717) is 12.6 Å². The Labute approximate surface area is 85.9 Å². The lowest BCUT2D eigenvalue weighted by atomic mass is 10.1. The largest absolute Gasteiger partial charge is 0.468 e. The van der Waals surface area contributed by atoms with Crippen LogP contribution < -0.4 is 5.73 Å². The zero-order valence-corrected chi connectivity index (χ0v) is 9.23. The molecule has 0 aliphatic heterocycles. The molecule has 3 heteroatoms. The summed E-state index contributed by atoms with van der Waals surface area (Å²) in [6.07, 6.45) is 1.70. The van der Waals surface area contributed by atoms with Gasteiger partial charge >= 0.3 is 0 Å². The summed E-state index contributed by atoms with van der Waals surface area (Å²) in [5, 5.41) is 0. The maximum absolute atomic E-state index is 5.78. The van der Waals surface area contributed by atoms with E-state index in [9.17, 15) is 0 Å². The van der Waals surface area contributed by atoms with E-state index in [1.807, 2.05) is 12.1 Å². The number of hydrogen-bond donors (Lipinski definition) is 1. The van der Waals surface area contributed by atoms with Gasteiger partial charge in [-0.2, -0.15) is 0 Å². The average molecular weight is 196 g/mol. The summed E-state index contributed by atoms with van der Waals surface area (Å²) in [7, 11) is 0. The number of likely N-dealkylation sites (N-methyl/N-ethyl adjacent to an activating group) is 1. The Morgan fingerprint density at radius 2 is 2.21 bits per heavy atom. The van der Waals surface area contributed by atoms with E-state index in [0.717, 1.165) is 12.3 Å². The van der Waals surface area contributed by atoms with Crippen molar-refractivity contribution in [2.45, 2.75) is 32.9 Å². The van der Waals surface area contributed by atoms with Gasteiger partial charge in [0.15, 0.2) is 0 Å². The monoisotopic (exact) mass is 196 g/mol. The van der Waals surface area contributed by atoms with Gasteiger partial charge in [0.05, 0.1) is 12.3 Å². The first-order valence-electron chi connectivity index (χ1n) is 5.19. The van der Waals surface area contributed by atoms with Crippen LogP contribution in [0, 0.1) is 0 Å². The molecule has 1 rings (SSSR count). The molecule has 0 fully saturated rings. The highest BCUT2D eigenvalue weighted by Crippen LogP contribution is 2.21. The van der Waals surface area contributed by atoms with E-state index in [1.54, 1.807) is 6.26 Å². The molecule has 3 nitrogen and oxygen atoms in total. The number of furan rings is 1. The van der Waals surface area contributed by atoms with Crippen molar-refractivity contribution < 1.29 is 4.42 Å². The summed E-state index contributed by atoms with van der Waals surface area (Å²) < 4.78 is 5.40. The van der Waals surface area contributed by atoms with E-state index in [2.05, 4.69) is 25.7 Å². The van der Waals surface area contributed by atoms with Gasteiger partial charge in [0.25, 0.3) is 0 Å². The van der Waals surface area contributed by atoms with Crippen LogP contribution in [0.3, 0.4) is 0 Å². The third-order valence-electron chi connectivity index (χ3n) is 2.52. The molecule has 14 heavy (non-hydrogen) atoms. The molecule has 0 saturated heterocycles. The Kier molecular flexibility index (Phi) is 4.17. The van der Waals surface area contributed by atoms with Crippen molar-refractivity contribution in [3.05, 3.63) is 24.2 Å². The van der Waals surface area contributed by atoms with Crippen LogP contribution in [0.25, 0.3) is 0 Å². The molecule has 2 N–H and O–H groups in total. The summed E-state index contributed by atoms with van der Waals surface area (Å²) in [4.78, 5) is 2.33. The number of nitrogens with two attached hydrogens (primary N) is 1. The summed E-state index contributed by atoms with van der Waals surface area (Å²) in [5.74, 6) is 0.961. The predicted octanol–water partition coefficient (Wildman–Crippen LogP) is 2.01. The van der Waals surface area contributed by atoms with E-state index >= 15 is 0 Å². The number of rotatable bonds is 5. The Bertz CT molecular complexity index is 244. The van der Waals surface area contributed by atoms with Crippen LogP contribution in [0.4, 0.5) is 0 Å². The lowest BCUT2D eigenvalue weighted by Crippen LogP contribution is -2.38. The standard InChI is InChI=1S/C11H20N2O/c1-4-13(9(2)3)10(8-12)11-6-5-7-14-11/h5-7,9-10H,4,8,12H2,1-3H3. The molecule has 1 aromatic rings. The van der Waals surface area contributed by atoms with E-state index in [4.69, 9.17) is 10.2 Å². The van der Waals surface area contributed by atoms with Crippen LogP contribution >= 0.6 is 0 Å². The van der Waals surface area contributed by atoms with Gasteiger partial charge in [-0.25, -0.2) is 0 Å². The van der Waals surface area contributed by atoms with Crippen molar-refractivity contribution in [1.82, 2.24) is 4.90 Å². The highest BCUT2D eigenvalue weighted by Gasteiger charge is 2.21. The minimum absolute atomic E-state index is 0.204. The zero-order valence-electron chi connectivity index (χ0n) is 9.23. The summed E-state index contributed by atoms with van der Waals surface area (Å²) in [5.41, 5.74) is 5.78. The Hall–Kier alpha value is -0.800. The third-order valence-corrected chi connectivity index (χ3v) is 2.52. The SMILES string of the molecule is CCN(C(C)C)C(CN)c1ccco1. The second-order valence-electron chi connectivity index (χ2n) is 3.69. The number of nitrogens with zero attached hydrogens (tertiary/aromatic N) is 1. The first kappa shape index (κ1) is 11.3. The Balaban J connectivity index is 2.79. The fourth-order valence-corrected chi connectivity index (χ4v) is 1.84. The highest BCUT2D eigenvalue weighted by atomic mass is 16.3. The van der Waals surface area contributed by atoms with Crippen LogP contribution in [0.5, 0.6) is 0 Å². The van der Waals surface area contributed by atoms with Crippen molar-refractivity contribution in [3.8, 4) is 0 Å². The van der Waals surface area contributed by atoms with Crippen molar-refractivity contribution in [2.24, 2.45) is 5.73 Å². The van der Waals surface area contributed by atoms with Gasteiger partial charge in [-0.3, -0.25) is 4.90 Å².